The monoisotopic (exact) mass is 439 g/mol. The van der Waals surface area contributed by atoms with Gasteiger partial charge in [-0.3, -0.25) is 9.69 Å². The maximum Gasteiger partial charge on any atom is 0.336 e. The minimum Gasteiger partial charge on any atom is -0.497 e. The molecule has 5 nitrogen and oxygen atoms in total. The summed E-state index contributed by atoms with van der Waals surface area (Å²) in [4.78, 5) is 26.7. The topological polar surface area (TPSA) is 55.8 Å². The molecule has 0 unspecified atom stereocenters. The minimum atomic E-state index is -0.476. The second kappa shape index (κ2) is 9.73. The maximum atomic E-state index is 12.5. The molecule has 154 valence electrons. The molecule has 3 rings (SSSR count). The summed E-state index contributed by atoms with van der Waals surface area (Å²) in [6.45, 7) is 3.86. The van der Waals surface area contributed by atoms with Crippen LogP contribution in [0.15, 0.2) is 59.5 Å². The Labute approximate surface area is 185 Å². The highest BCUT2D eigenvalue weighted by atomic mass is 32.2. The third-order valence-electron chi connectivity index (χ3n) is 4.26. The lowest BCUT2D eigenvalue weighted by Crippen LogP contribution is -2.34. The van der Waals surface area contributed by atoms with Crippen molar-refractivity contribution in [3.05, 3.63) is 70.6 Å². The average Bonchev–Trinajstić information content (AvgIpc) is 3.01. The lowest BCUT2D eigenvalue weighted by molar-refractivity contribution is -0.129. The van der Waals surface area contributed by atoms with Crippen LogP contribution in [0.25, 0.3) is 12.2 Å². The molecule has 0 N–H and O–H groups in total. The van der Waals surface area contributed by atoms with Crippen LogP contribution < -0.4 is 9.47 Å². The number of hydrogen-bond donors (Lipinski definition) is 0. The number of carbonyl (C=O) groups is 2. The van der Waals surface area contributed by atoms with E-state index in [4.69, 9.17) is 21.7 Å². The van der Waals surface area contributed by atoms with Crippen molar-refractivity contribution >= 4 is 52.3 Å². The normalized spacial score (nSPS) is 15.5. The fourth-order valence-electron chi connectivity index (χ4n) is 2.74. The van der Waals surface area contributed by atoms with Gasteiger partial charge < -0.3 is 9.47 Å². The Morgan fingerprint density at radius 1 is 1.03 bits per heavy atom. The van der Waals surface area contributed by atoms with Crippen LogP contribution in [0.3, 0.4) is 0 Å². The molecule has 0 saturated carbocycles. The molecular formula is C23H21NO4S2. The number of ether oxygens (including phenoxy) is 2. The first kappa shape index (κ1) is 21.8. The second-order valence-electron chi connectivity index (χ2n) is 6.74. The molecule has 30 heavy (non-hydrogen) atoms. The number of rotatable bonds is 6. The van der Waals surface area contributed by atoms with Crippen LogP contribution in [0.4, 0.5) is 0 Å². The lowest BCUT2D eigenvalue weighted by Gasteiger charge is -2.18. The SMILES string of the molecule is COc1ccc(C=CC(=O)Oc2ccc(C=C3SC(=S)N(C(C)C)C3=O)cc2)cc1. The highest BCUT2D eigenvalue weighted by Gasteiger charge is 2.33. The molecule has 1 amide bonds. The first-order valence-corrected chi connectivity index (χ1v) is 10.5. The largest absolute Gasteiger partial charge is 0.497 e. The number of thiocarbonyl (C=S) groups is 1. The first-order valence-electron chi connectivity index (χ1n) is 9.28. The van der Waals surface area contributed by atoms with E-state index in [0.29, 0.717) is 15.0 Å². The summed E-state index contributed by atoms with van der Waals surface area (Å²) in [5, 5.41) is 0. The number of amides is 1. The van der Waals surface area contributed by atoms with Gasteiger partial charge in [0.2, 0.25) is 0 Å². The van der Waals surface area contributed by atoms with Gasteiger partial charge >= 0.3 is 5.97 Å². The van der Waals surface area contributed by atoms with Gasteiger partial charge in [0.1, 0.15) is 15.8 Å². The number of nitrogens with zero attached hydrogens (tertiary/aromatic N) is 1. The van der Waals surface area contributed by atoms with E-state index in [2.05, 4.69) is 0 Å². The minimum absolute atomic E-state index is 0.0242. The lowest BCUT2D eigenvalue weighted by atomic mass is 10.2. The predicted molar refractivity (Wildman–Crippen MR) is 124 cm³/mol. The van der Waals surface area contributed by atoms with Gasteiger partial charge in [0.25, 0.3) is 5.91 Å². The summed E-state index contributed by atoms with van der Waals surface area (Å²) in [6.07, 6.45) is 4.83. The Kier molecular flexibility index (Phi) is 7.07. The predicted octanol–water partition coefficient (Wildman–Crippen LogP) is 4.92. The molecule has 0 radical (unpaired) electrons. The van der Waals surface area contributed by atoms with Crippen LogP contribution in [-0.4, -0.2) is 34.2 Å². The molecule has 2 aromatic rings. The van der Waals surface area contributed by atoms with Crippen molar-refractivity contribution in [3.8, 4) is 11.5 Å². The Morgan fingerprint density at radius 2 is 1.63 bits per heavy atom. The molecule has 2 aromatic carbocycles. The smallest absolute Gasteiger partial charge is 0.336 e. The Hall–Kier alpha value is -2.90. The summed E-state index contributed by atoms with van der Waals surface area (Å²) in [6, 6.07) is 14.3. The molecule has 1 saturated heterocycles. The molecule has 1 fully saturated rings. The summed E-state index contributed by atoms with van der Waals surface area (Å²) >= 11 is 6.58. The summed E-state index contributed by atoms with van der Waals surface area (Å²) in [7, 11) is 1.60. The van der Waals surface area contributed by atoms with E-state index in [1.165, 1.54) is 17.8 Å². The maximum absolute atomic E-state index is 12.5. The van der Waals surface area contributed by atoms with Gasteiger partial charge in [-0.05, 0) is 61.4 Å². The van der Waals surface area contributed by atoms with Crippen molar-refractivity contribution < 1.29 is 19.1 Å². The third kappa shape index (κ3) is 5.37. The Balaban J connectivity index is 1.61. The molecule has 1 heterocycles. The van der Waals surface area contributed by atoms with Crippen molar-refractivity contribution in [2.75, 3.05) is 7.11 Å². The van der Waals surface area contributed by atoms with Crippen molar-refractivity contribution in [3.63, 3.8) is 0 Å². The van der Waals surface area contributed by atoms with Crippen molar-refractivity contribution in [2.45, 2.75) is 19.9 Å². The van der Waals surface area contributed by atoms with Gasteiger partial charge in [-0.15, -0.1) is 0 Å². The zero-order valence-corrected chi connectivity index (χ0v) is 18.5. The van der Waals surface area contributed by atoms with Crippen LogP contribution in [0.1, 0.15) is 25.0 Å². The second-order valence-corrected chi connectivity index (χ2v) is 8.42. The Bertz CT molecular complexity index is 1010. The third-order valence-corrected chi connectivity index (χ3v) is 5.59. The average molecular weight is 440 g/mol. The molecule has 7 heteroatoms. The fraction of sp³-hybridized carbons (Fsp3) is 0.174. The van der Waals surface area contributed by atoms with Crippen LogP contribution >= 0.6 is 24.0 Å². The zero-order valence-electron chi connectivity index (χ0n) is 16.8. The summed E-state index contributed by atoms with van der Waals surface area (Å²) < 4.78 is 11.0. The number of esters is 1. The van der Waals surface area contributed by atoms with Gasteiger partial charge in [0.05, 0.1) is 12.0 Å². The molecule has 0 spiro atoms. The van der Waals surface area contributed by atoms with Crippen LogP contribution in [-0.2, 0) is 9.59 Å². The van der Waals surface area contributed by atoms with E-state index in [9.17, 15) is 9.59 Å². The molecule has 0 bridgehead atoms. The van der Waals surface area contributed by atoms with Crippen molar-refractivity contribution in [2.24, 2.45) is 0 Å². The van der Waals surface area contributed by atoms with E-state index in [1.807, 2.05) is 38.1 Å². The van der Waals surface area contributed by atoms with Crippen LogP contribution in [0.2, 0.25) is 0 Å². The van der Waals surface area contributed by atoms with Gasteiger partial charge in [-0.2, -0.15) is 0 Å². The van der Waals surface area contributed by atoms with Gasteiger partial charge in [-0.25, -0.2) is 4.79 Å². The highest BCUT2D eigenvalue weighted by molar-refractivity contribution is 8.26. The number of thioether (sulfide) groups is 1. The van der Waals surface area contributed by atoms with Gasteiger partial charge in [0, 0.05) is 12.1 Å². The number of benzene rings is 2. The zero-order chi connectivity index (χ0) is 21.7. The summed E-state index contributed by atoms with van der Waals surface area (Å²) in [5.74, 6) is 0.614. The van der Waals surface area contributed by atoms with E-state index < -0.39 is 5.97 Å². The molecule has 0 atom stereocenters. The van der Waals surface area contributed by atoms with Crippen molar-refractivity contribution in [1.82, 2.24) is 4.90 Å². The molecule has 1 aliphatic rings. The standard InChI is InChI=1S/C23H21NO4S2/c1-15(2)24-22(26)20(30-23(24)29)14-17-6-11-19(12-7-17)28-21(25)13-8-16-4-9-18(27-3)10-5-16/h4-15H,1-3H3. The van der Waals surface area contributed by atoms with Crippen LogP contribution in [0, 0.1) is 0 Å². The molecule has 0 aromatic heterocycles. The number of methoxy groups -OCH3 is 1. The van der Waals surface area contributed by atoms with Gasteiger partial charge in [-0.1, -0.05) is 48.2 Å². The van der Waals surface area contributed by atoms with E-state index in [1.54, 1.807) is 48.4 Å². The van der Waals surface area contributed by atoms with Crippen molar-refractivity contribution in [1.29, 1.82) is 0 Å². The van der Waals surface area contributed by atoms with E-state index in [0.717, 1.165) is 16.9 Å². The molecule has 0 aliphatic carbocycles. The fourth-order valence-corrected chi connectivity index (χ4v) is 4.26. The van der Waals surface area contributed by atoms with Crippen LogP contribution in [0.5, 0.6) is 11.5 Å². The summed E-state index contributed by atoms with van der Waals surface area (Å²) in [5.41, 5.74) is 1.69. The molecule has 1 aliphatic heterocycles. The van der Waals surface area contributed by atoms with Gasteiger partial charge in [0.15, 0.2) is 0 Å². The highest BCUT2D eigenvalue weighted by Crippen LogP contribution is 2.34. The first-order chi connectivity index (χ1) is 14.4. The Morgan fingerprint density at radius 3 is 2.20 bits per heavy atom. The molecular weight excluding hydrogens is 418 g/mol. The number of carbonyl (C=O) groups excluding carboxylic acids is 2. The van der Waals surface area contributed by atoms with E-state index >= 15 is 0 Å². The van der Waals surface area contributed by atoms with E-state index in [-0.39, 0.29) is 11.9 Å². The quantitative estimate of drug-likeness (QED) is 0.276. The number of hydrogen-bond acceptors (Lipinski definition) is 6.